The van der Waals surface area contributed by atoms with Crippen LogP contribution in [-0.2, 0) is 14.8 Å². The van der Waals surface area contributed by atoms with Crippen molar-refractivity contribution >= 4 is 39.7 Å². The van der Waals surface area contributed by atoms with E-state index in [4.69, 9.17) is 10.5 Å². The summed E-state index contributed by atoms with van der Waals surface area (Å²) in [6.45, 7) is 4.36. The van der Waals surface area contributed by atoms with Crippen molar-refractivity contribution in [2.45, 2.75) is 18.1 Å². The predicted molar refractivity (Wildman–Crippen MR) is 92.1 cm³/mol. The minimum absolute atomic E-state index is 0. The molecule has 10 heteroatoms. The highest BCUT2D eigenvalue weighted by Crippen LogP contribution is 2.36. The van der Waals surface area contributed by atoms with Crippen molar-refractivity contribution in [2.75, 3.05) is 34.4 Å². The van der Waals surface area contributed by atoms with Crippen molar-refractivity contribution in [3.8, 4) is 5.75 Å². The van der Waals surface area contributed by atoms with Gasteiger partial charge in [0.25, 0.3) is 10.0 Å². The van der Waals surface area contributed by atoms with Crippen LogP contribution in [0.15, 0.2) is 10.3 Å². The van der Waals surface area contributed by atoms with E-state index in [-0.39, 0.29) is 39.2 Å². The molecule has 0 aliphatic carbocycles. The molecule has 7 nitrogen and oxygen atoms in total. The zero-order chi connectivity index (χ0) is 17.1. The topological polar surface area (TPSA) is 98.9 Å². The highest BCUT2D eigenvalue weighted by molar-refractivity contribution is 7.91. The summed E-state index contributed by atoms with van der Waals surface area (Å²) in [7, 11) is 0.281. The molecule has 0 spiro atoms. The molecule has 23 heavy (non-hydrogen) atoms. The van der Waals surface area contributed by atoms with E-state index in [0.29, 0.717) is 6.54 Å². The maximum atomic E-state index is 12.7. The number of halogens is 1. The van der Waals surface area contributed by atoms with Crippen molar-refractivity contribution in [1.82, 2.24) is 4.31 Å². The van der Waals surface area contributed by atoms with Gasteiger partial charge in [0.2, 0.25) is 0 Å². The second-order valence-corrected chi connectivity index (χ2v) is 8.88. The molecule has 0 aliphatic rings. The third kappa shape index (κ3) is 5.05. The van der Waals surface area contributed by atoms with Gasteiger partial charge in [-0.15, -0.1) is 23.7 Å². The zero-order valence-electron chi connectivity index (χ0n) is 13.8. The van der Waals surface area contributed by atoms with Crippen molar-refractivity contribution in [2.24, 2.45) is 11.1 Å². The van der Waals surface area contributed by atoms with E-state index in [1.165, 1.54) is 31.6 Å². The Morgan fingerprint density at radius 3 is 2.39 bits per heavy atom. The number of ether oxygens (including phenoxy) is 2. The van der Waals surface area contributed by atoms with Crippen molar-refractivity contribution in [3.63, 3.8) is 0 Å². The molecule has 1 heterocycles. The van der Waals surface area contributed by atoms with Gasteiger partial charge in [-0.1, -0.05) is 13.8 Å². The summed E-state index contributed by atoms with van der Waals surface area (Å²) in [6, 6.07) is 1.37. The lowest BCUT2D eigenvalue weighted by Gasteiger charge is -2.28. The van der Waals surface area contributed by atoms with Crippen LogP contribution >= 0.6 is 23.7 Å². The Kier molecular flexibility index (Phi) is 7.98. The first-order chi connectivity index (χ1) is 10.1. The number of hydrogen-bond donors (Lipinski definition) is 1. The summed E-state index contributed by atoms with van der Waals surface area (Å²) in [4.78, 5) is 11.7. The number of nitrogens with zero attached hydrogens (tertiary/aromatic N) is 1. The van der Waals surface area contributed by atoms with Gasteiger partial charge in [-0.25, -0.2) is 13.2 Å². The van der Waals surface area contributed by atoms with Crippen LogP contribution < -0.4 is 10.5 Å². The Balaban J connectivity index is 0.00000484. The maximum Gasteiger partial charge on any atom is 0.348 e. The molecule has 0 fully saturated rings. The maximum absolute atomic E-state index is 12.7. The first kappa shape index (κ1) is 22.1. The number of nitrogens with two attached hydrogens (primary N) is 1. The second-order valence-electron chi connectivity index (χ2n) is 5.59. The minimum Gasteiger partial charge on any atom is -0.494 e. The lowest BCUT2D eigenvalue weighted by atomic mass is 9.94. The quantitative estimate of drug-likeness (QED) is 0.714. The summed E-state index contributed by atoms with van der Waals surface area (Å²) >= 11 is 0.825. The summed E-state index contributed by atoms with van der Waals surface area (Å²) in [5.41, 5.74) is 5.29. The Morgan fingerprint density at radius 1 is 1.39 bits per heavy atom. The molecule has 2 N–H and O–H groups in total. The summed E-state index contributed by atoms with van der Waals surface area (Å²) < 4.78 is 36.3. The number of sulfonamides is 1. The molecule has 0 aromatic carbocycles. The monoisotopic (exact) mass is 386 g/mol. The fourth-order valence-corrected chi connectivity index (χ4v) is 4.82. The lowest BCUT2D eigenvalue weighted by Crippen LogP contribution is -2.39. The van der Waals surface area contributed by atoms with Gasteiger partial charge in [0, 0.05) is 19.7 Å². The SMILES string of the molecule is COC(=O)c1cc(OC)c(S(=O)(=O)N(C)CC(C)(C)CN)s1.Cl. The molecule has 0 aliphatic heterocycles. The number of carbonyl (C=O) groups is 1. The molecule has 1 rings (SSSR count). The van der Waals surface area contributed by atoms with E-state index in [9.17, 15) is 13.2 Å². The molecule has 1 aromatic heterocycles. The number of methoxy groups -OCH3 is 2. The molecule has 134 valence electrons. The van der Waals surface area contributed by atoms with Gasteiger partial charge in [0.1, 0.15) is 4.88 Å². The van der Waals surface area contributed by atoms with Crippen molar-refractivity contribution in [1.29, 1.82) is 0 Å². The Bertz CT molecular complexity index is 643. The molecular weight excluding hydrogens is 364 g/mol. The van der Waals surface area contributed by atoms with Crippen LogP contribution in [0.2, 0.25) is 0 Å². The van der Waals surface area contributed by atoms with E-state index < -0.39 is 16.0 Å². The van der Waals surface area contributed by atoms with E-state index >= 15 is 0 Å². The summed E-state index contributed by atoms with van der Waals surface area (Å²) in [5, 5.41) is 0. The van der Waals surface area contributed by atoms with Crippen LogP contribution in [0, 0.1) is 5.41 Å². The van der Waals surface area contributed by atoms with Crippen LogP contribution in [0.3, 0.4) is 0 Å². The van der Waals surface area contributed by atoms with Gasteiger partial charge in [-0.05, 0) is 12.0 Å². The van der Waals surface area contributed by atoms with Gasteiger partial charge in [-0.2, -0.15) is 4.31 Å². The number of carbonyl (C=O) groups excluding carboxylic acids is 1. The molecule has 0 radical (unpaired) electrons. The zero-order valence-corrected chi connectivity index (χ0v) is 16.2. The first-order valence-electron chi connectivity index (χ1n) is 6.51. The Morgan fingerprint density at radius 2 is 1.96 bits per heavy atom. The van der Waals surface area contributed by atoms with Crippen LogP contribution in [0.25, 0.3) is 0 Å². The number of thiophene rings is 1. The molecular formula is C13H23ClN2O5S2. The second kappa shape index (κ2) is 8.29. The number of hydrogen-bond acceptors (Lipinski definition) is 7. The number of esters is 1. The lowest BCUT2D eigenvalue weighted by molar-refractivity contribution is 0.0606. The molecule has 0 unspecified atom stereocenters. The highest BCUT2D eigenvalue weighted by atomic mass is 35.5. The Hall–Kier alpha value is -0.870. The normalized spacial score (nSPS) is 12.0. The third-order valence-corrected chi connectivity index (χ3v) is 6.51. The van der Waals surface area contributed by atoms with Crippen molar-refractivity contribution < 1.29 is 22.7 Å². The largest absolute Gasteiger partial charge is 0.494 e. The van der Waals surface area contributed by atoms with Crippen LogP contribution in [-0.4, -0.2) is 53.0 Å². The predicted octanol–water partition coefficient (Wildman–Crippen LogP) is 1.57. The molecule has 0 bridgehead atoms. The average molecular weight is 387 g/mol. The van der Waals surface area contributed by atoms with E-state index in [1.54, 1.807) is 0 Å². The van der Waals surface area contributed by atoms with E-state index in [0.717, 1.165) is 11.3 Å². The Labute approximate surface area is 147 Å². The molecule has 0 amide bonds. The fourth-order valence-electron chi connectivity index (χ4n) is 1.77. The van der Waals surface area contributed by atoms with Crippen molar-refractivity contribution in [3.05, 3.63) is 10.9 Å². The van der Waals surface area contributed by atoms with E-state index in [1.807, 2.05) is 13.8 Å². The molecule has 0 atom stereocenters. The standard InChI is InChI=1S/C13H22N2O5S2.ClH/c1-13(2,7-14)8-15(3)22(17,18)12-9(19-4)6-10(21-12)11(16)20-5;/h6H,7-8,14H2,1-5H3;1H. The van der Waals surface area contributed by atoms with Crippen LogP contribution in [0.4, 0.5) is 0 Å². The molecule has 1 aromatic rings. The van der Waals surface area contributed by atoms with Crippen LogP contribution in [0.1, 0.15) is 23.5 Å². The van der Waals surface area contributed by atoms with Gasteiger partial charge < -0.3 is 15.2 Å². The highest BCUT2D eigenvalue weighted by Gasteiger charge is 2.32. The number of rotatable bonds is 7. The van der Waals surface area contributed by atoms with Gasteiger partial charge in [-0.3, -0.25) is 0 Å². The van der Waals surface area contributed by atoms with E-state index in [2.05, 4.69) is 4.74 Å². The first-order valence-corrected chi connectivity index (χ1v) is 8.77. The minimum atomic E-state index is -3.78. The van der Waals surface area contributed by atoms with Crippen LogP contribution in [0.5, 0.6) is 5.75 Å². The molecule has 0 saturated carbocycles. The smallest absolute Gasteiger partial charge is 0.348 e. The van der Waals surface area contributed by atoms with Gasteiger partial charge in [0.05, 0.1) is 14.2 Å². The fraction of sp³-hybridized carbons (Fsp3) is 0.615. The molecule has 0 saturated heterocycles. The third-order valence-electron chi connectivity index (χ3n) is 3.12. The summed E-state index contributed by atoms with van der Waals surface area (Å²) in [5.74, 6) is -0.475. The van der Waals surface area contributed by atoms with Gasteiger partial charge in [0.15, 0.2) is 9.96 Å². The average Bonchev–Trinajstić information content (AvgIpc) is 2.90. The van der Waals surface area contributed by atoms with Gasteiger partial charge >= 0.3 is 5.97 Å². The summed E-state index contributed by atoms with van der Waals surface area (Å²) in [6.07, 6.45) is 0.